The SMILES string of the molecule is Cc1ccc(Cc2nsc(N3CCC(CNC(=O)CCl)CC3)n2)cc1. The van der Waals surface area contributed by atoms with Gasteiger partial charge in [0.15, 0.2) is 0 Å². The molecule has 1 aliphatic heterocycles. The number of alkyl halides is 1. The van der Waals surface area contributed by atoms with Crippen LogP contribution in [0.15, 0.2) is 24.3 Å². The molecule has 2 heterocycles. The Morgan fingerprint density at radius 2 is 2.04 bits per heavy atom. The van der Waals surface area contributed by atoms with Crippen LogP contribution in [0.1, 0.15) is 29.8 Å². The topological polar surface area (TPSA) is 58.1 Å². The molecule has 1 aromatic heterocycles. The Morgan fingerprint density at radius 3 is 2.72 bits per heavy atom. The zero-order valence-electron chi connectivity index (χ0n) is 14.4. The summed E-state index contributed by atoms with van der Waals surface area (Å²) in [6.07, 6.45) is 2.88. The van der Waals surface area contributed by atoms with Crippen LogP contribution in [0.5, 0.6) is 0 Å². The molecule has 0 aliphatic carbocycles. The molecule has 3 rings (SSSR count). The molecular weight excluding hydrogens is 356 g/mol. The molecule has 1 fully saturated rings. The average molecular weight is 379 g/mol. The Kier molecular flexibility index (Phi) is 6.26. The fourth-order valence-electron chi connectivity index (χ4n) is 2.97. The van der Waals surface area contributed by atoms with Gasteiger partial charge in [-0.25, -0.2) is 4.98 Å². The van der Waals surface area contributed by atoms with Crippen LogP contribution in [0.25, 0.3) is 0 Å². The summed E-state index contributed by atoms with van der Waals surface area (Å²) in [5, 5.41) is 3.88. The highest BCUT2D eigenvalue weighted by Crippen LogP contribution is 2.25. The quantitative estimate of drug-likeness (QED) is 0.785. The number of hydrogen-bond donors (Lipinski definition) is 1. The highest BCUT2D eigenvalue weighted by molar-refractivity contribution is 7.09. The van der Waals surface area contributed by atoms with Crippen molar-refractivity contribution in [2.75, 3.05) is 30.4 Å². The zero-order valence-corrected chi connectivity index (χ0v) is 15.9. The van der Waals surface area contributed by atoms with E-state index in [0.29, 0.717) is 12.5 Å². The van der Waals surface area contributed by atoms with Gasteiger partial charge in [0, 0.05) is 37.6 Å². The second-order valence-electron chi connectivity index (χ2n) is 6.52. The van der Waals surface area contributed by atoms with Crippen molar-refractivity contribution in [1.29, 1.82) is 0 Å². The van der Waals surface area contributed by atoms with Crippen LogP contribution in [-0.2, 0) is 11.2 Å². The van der Waals surface area contributed by atoms with E-state index >= 15 is 0 Å². The van der Waals surface area contributed by atoms with Crippen molar-refractivity contribution in [3.63, 3.8) is 0 Å². The molecule has 7 heteroatoms. The number of halogens is 1. The molecule has 5 nitrogen and oxygen atoms in total. The third-order valence-corrected chi connectivity index (χ3v) is 5.59. The summed E-state index contributed by atoms with van der Waals surface area (Å²) in [6.45, 7) is 4.73. The van der Waals surface area contributed by atoms with Gasteiger partial charge in [0.1, 0.15) is 11.7 Å². The van der Waals surface area contributed by atoms with Crippen LogP contribution < -0.4 is 10.2 Å². The lowest BCUT2D eigenvalue weighted by molar-refractivity contribution is -0.118. The fraction of sp³-hybridized carbons (Fsp3) is 0.500. The second kappa shape index (κ2) is 8.63. The highest BCUT2D eigenvalue weighted by atomic mass is 35.5. The molecule has 0 spiro atoms. The molecule has 1 aliphatic rings. The van der Waals surface area contributed by atoms with Gasteiger partial charge in [-0.2, -0.15) is 4.37 Å². The maximum Gasteiger partial charge on any atom is 0.234 e. The third-order valence-electron chi connectivity index (χ3n) is 4.53. The minimum Gasteiger partial charge on any atom is -0.355 e. The first-order chi connectivity index (χ1) is 12.1. The molecule has 25 heavy (non-hydrogen) atoms. The Bertz CT molecular complexity index is 695. The number of aryl methyl sites for hydroxylation is 1. The first-order valence-corrected chi connectivity index (χ1v) is 9.90. The fourth-order valence-corrected chi connectivity index (χ4v) is 3.80. The molecule has 0 atom stereocenters. The van der Waals surface area contributed by atoms with Crippen LogP contribution in [0.2, 0.25) is 0 Å². The predicted molar refractivity (Wildman–Crippen MR) is 103 cm³/mol. The van der Waals surface area contributed by atoms with Gasteiger partial charge in [0.05, 0.1) is 0 Å². The smallest absolute Gasteiger partial charge is 0.234 e. The van der Waals surface area contributed by atoms with Gasteiger partial charge in [-0.15, -0.1) is 11.6 Å². The lowest BCUT2D eigenvalue weighted by atomic mass is 9.97. The van der Waals surface area contributed by atoms with E-state index < -0.39 is 0 Å². The molecule has 1 N–H and O–H groups in total. The maximum absolute atomic E-state index is 11.2. The Hall–Kier alpha value is -1.66. The normalized spacial score (nSPS) is 15.4. The Labute approximate surface area is 157 Å². The lowest BCUT2D eigenvalue weighted by Gasteiger charge is -2.31. The Balaban J connectivity index is 1.50. The summed E-state index contributed by atoms with van der Waals surface area (Å²) < 4.78 is 4.52. The van der Waals surface area contributed by atoms with Crippen LogP contribution >= 0.6 is 23.1 Å². The molecule has 2 aromatic rings. The summed E-state index contributed by atoms with van der Waals surface area (Å²) in [5.74, 6) is 1.35. The molecular formula is C18H23ClN4OS. The Morgan fingerprint density at radius 1 is 1.32 bits per heavy atom. The number of amides is 1. The molecule has 0 bridgehead atoms. The summed E-state index contributed by atoms with van der Waals surface area (Å²) in [6, 6.07) is 8.51. The van der Waals surface area contributed by atoms with Crippen LogP contribution in [0, 0.1) is 12.8 Å². The van der Waals surface area contributed by atoms with E-state index in [1.54, 1.807) is 0 Å². The van der Waals surface area contributed by atoms with E-state index in [0.717, 1.165) is 43.3 Å². The monoisotopic (exact) mass is 378 g/mol. The number of carbonyl (C=O) groups excluding carboxylic acids is 1. The summed E-state index contributed by atoms with van der Waals surface area (Å²) >= 11 is 6.99. The van der Waals surface area contributed by atoms with Crippen molar-refractivity contribution >= 4 is 34.2 Å². The van der Waals surface area contributed by atoms with Crippen molar-refractivity contribution < 1.29 is 4.79 Å². The molecule has 0 radical (unpaired) electrons. The van der Waals surface area contributed by atoms with Crippen molar-refractivity contribution in [2.45, 2.75) is 26.2 Å². The van der Waals surface area contributed by atoms with E-state index in [9.17, 15) is 4.79 Å². The van der Waals surface area contributed by atoms with Crippen LogP contribution in [0.3, 0.4) is 0 Å². The number of nitrogens with zero attached hydrogens (tertiary/aromatic N) is 3. The number of piperidine rings is 1. The zero-order chi connectivity index (χ0) is 17.6. The predicted octanol–water partition coefficient (Wildman–Crippen LogP) is 3.01. The van der Waals surface area contributed by atoms with Gasteiger partial charge in [-0.1, -0.05) is 29.8 Å². The average Bonchev–Trinajstić information content (AvgIpc) is 3.10. The number of anilines is 1. The van der Waals surface area contributed by atoms with Gasteiger partial charge >= 0.3 is 0 Å². The van der Waals surface area contributed by atoms with Gasteiger partial charge in [0.2, 0.25) is 11.0 Å². The van der Waals surface area contributed by atoms with E-state index in [1.165, 1.54) is 22.7 Å². The number of carbonyl (C=O) groups is 1. The van der Waals surface area contributed by atoms with E-state index in [4.69, 9.17) is 16.6 Å². The standard InChI is InChI=1S/C18H23ClN4OS/c1-13-2-4-14(5-3-13)10-16-21-18(25-22-16)23-8-6-15(7-9-23)12-20-17(24)11-19/h2-5,15H,6-12H2,1H3,(H,20,24). The first-order valence-electron chi connectivity index (χ1n) is 8.60. The van der Waals surface area contributed by atoms with Crippen LogP contribution in [-0.4, -0.2) is 40.8 Å². The molecule has 0 saturated carbocycles. The highest BCUT2D eigenvalue weighted by Gasteiger charge is 2.22. The maximum atomic E-state index is 11.2. The molecule has 1 saturated heterocycles. The van der Waals surface area contributed by atoms with Gasteiger partial charge in [-0.05, 0) is 31.2 Å². The molecule has 134 valence electrons. The van der Waals surface area contributed by atoms with Crippen molar-refractivity contribution in [3.05, 3.63) is 41.2 Å². The van der Waals surface area contributed by atoms with Gasteiger partial charge in [0.25, 0.3) is 0 Å². The van der Waals surface area contributed by atoms with Gasteiger partial charge in [-0.3, -0.25) is 4.79 Å². The number of nitrogens with one attached hydrogen (secondary N) is 1. The summed E-state index contributed by atoms with van der Waals surface area (Å²) in [4.78, 5) is 18.3. The van der Waals surface area contributed by atoms with E-state index in [2.05, 4.69) is 45.8 Å². The van der Waals surface area contributed by atoms with E-state index in [1.807, 2.05) is 0 Å². The first kappa shape index (κ1) is 18.1. The lowest BCUT2D eigenvalue weighted by Crippen LogP contribution is -2.39. The molecule has 1 amide bonds. The summed E-state index contributed by atoms with van der Waals surface area (Å²) in [5.41, 5.74) is 2.50. The summed E-state index contributed by atoms with van der Waals surface area (Å²) in [7, 11) is 0. The van der Waals surface area contributed by atoms with Crippen molar-refractivity contribution in [2.24, 2.45) is 5.92 Å². The molecule has 0 unspecified atom stereocenters. The number of benzene rings is 1. The molecule has 1 aromatic carbocycles. The minimum absolute atomic E-state index is 0.0351. The number of hydrogen-bond acceptors (Lipinski definition) is 5. The minimum atomic E-state index is -0.0889. The number of rotatable bonds is 6. The second-order valence-corrected chi connectivity index (χ2v) is 7.52. The van der Waals surface area contributed by atoms with E-state index in [-0.39, 0.29) is 11.8 Å². The van der Waals surface area contributed by atoms with Crippen molar-refractivity contribution in [3.8, 4) is 0 Å². The largest absolute Gasteiger partial charge is 0.355 e. The van der Waals surface area contributed by atoms with Crippen LogP contribution in [0.4, 0.5) is 5.13 Å². The van der Waals surface area contributed by atoms with Gasteiger partial charge < -0.3 is 10.2 Å². The van der Waals surface area contributed by atoms with Crippen molar-refractivity contribution in [1.82, 2.24) is 14.7 Å². The third kappa shape index (κ3) is 5.16. The number of aromatic nitrogens is 2.